The Morgan fingerprint density at radius 3 is 2.94 bits per heavy atom. The van der Waals surface area contributed by atoms with Crippen LogP contribution in [0.1, 0.15) is 18.1 Å². The summed E-state index contributed by atoms with van der Waals surface area (Å²) in [6.07, 6.45) is 0. The van der Waals surface area contributed by atoms with Crippen LogP contribution in [0, 0.1) is 17.0 Å². The van der Waals surface area contributed by atoms with Gasteiger partial charge in [0.25, 0.3) is 5.69 Å². The van der Waals surface area contributed by atoms with Crippen molar-refractivity contribution in [2.24, 2.45) is 0 Å². The Kier molecular flexibility index (Phi) is 3.93. The van der Waals surface area contributed by atoms with Gasteiger partial charge in [0.05, 0.1) is 4.92 Å². The van der Waals surface area contributed by atoms with E-state index in [0.717, 1.165) is 31.7 Å². The second kappa shape index (κ2) is 5.46. The van der Waals surface area contributed by atoms with Crippen LogP contribution >= 0.6 is 0 Å². The molecule has 1 aliphatic rings. The van der Waals surface area contributed by atoms with Crippen molar-refractivity contribution < 1.29 is 4.92 Å². The molecule has 0 saturated carbocycles. The molecule has 1 atom stereocenters. The molecule has 1 fully saturated rings. The Labute approximate surface area is 107 Å². The first kappa shape index (κ1) is 13.0. The fourth-order valence-electron chi connectivity index (χ4n) is 2.31. The highest BCUT2D eigenvalue weighted by atomic mass is 16.6. The highest BCUT2D eigenvalue weighted by molar-refractivity contribution is 5.39. The number of hydrogen-bond donors (Lipinski definition) is 1. The number of piperazine rings is 1. The first-order valence-corrected chi connectivity index (χ1v) is 6.26. The van der Waals surface area contributed by atoms with E-state index in [9.17, 15) is 10.1 Å². The van der Waals surface area contributed by atoms with Gasteiger partial charge in [0.15, 0.2) is 0 Å². The van der Waals surface area contributed by atoms with Crippen molar-refractivity contribution in [3.05, 3.63) is 39.4 Å². The van der Waals surface area contributed by atoms with E-state index in [0.29, 0.717) is 6.04 Å². The zero-order valence-electron chi connectivity index (χ0n) is 10.8. The minimum atomic E-state index is -0.343. The van der Waals surface area contributed by atoms with Gasteiger partial charge in [0.2, 0.25) is 0 Å². The van der Waals surface area contributed by atoms with Gasteiger partial charge in [-0.3, -0.25) is 15.0 Å². The first-order valence-electron chi connectivity index (χ1n) is 6.26. The van der Waals surface area contributed by atoms with Crippen molar-refractivity contribution in [3.63, 3.8) is 0 Å². The van der Waals surface area contributed by atoms with E-state index in [1.165, 1.54) is 5.56 Å². The zero-order valence-corrected chi connectivity index (χ0v) is 10.8. The molecule has 1 saturated heterocycles. The van der Waals surface area contributed by atoms with E-state index in [-0.39, 0.29) is 10.6 Å². The fraction of sp³-hybridized carbons (Fsp3) is 0.538. The van der Waals surface area contributed by atoms with Gasteiger partial charge in [-0.05, 0) is 25.0 Å². The SMILES string of the molecule is Cc1cc([N+](=O)[O-])ccc1CN1CCNC[C@@H]1C. The second-order valence-corrected chi connectivity index (χ2v) is 4.89. The molecule has 1 aliphatic heterocycles. The van der Waals surface area contributed by atoms with Crippen LogP contribution in [0.2, 0.25) is 0 Å². The predicted octanol–water partition coefficient (Wildman–Crippen LogP) is 1.70. The molecule has 98 valence electrons. The van der Waals surface area contributed by atoms with Gasteiger partial charge >= 0.3 is 0 Å². The summed E-state index contributed by atoms with van der Waals surface area (Å²) in [4.78, 5) is 12.8. The summed E-state index contributed by atoms with van der Waals surface area (Å²) >= 11 is 0. The molecule has 18 heavy (non-hydrogen) atoms. The van der Waals surface area contributed by atoms with Crippen molar-refractivity contribution >= 4 is 5.69 Å². The Hall–Kier alpha value is -1.46. The van der Waals surface area contributed by atoms with Crippen LogP contribution in [0.5, 0.6) is 0 Å². The van der Waals surface area contributed by atoms with E-state index in [2.05, 4.69) is 17.1 Å². The van der Waals surface area contributed by atoms with Gasteiger partial charge < -0.3 is 5.32 Å². The largest absolute Gasteiger partial charge is 0.314 e. The Morgan fingerprint density at radius 1 is 1.56 bits per heavy atom. The summed E-state index contributed by atoms with van der Waals surface area (Å²) in [5.74, 6) is 0. The van der Waals surface area contributed by atoms with Gasteiger partial charge in [-0.2, -0.15) is 0 Å². The molecule has 0 unspecified atom stereocenters. The van der Waals surface area contributed by atoms with Gasteiger partial charge in [-0.15, -0.1) is 0 Å². The third kappa shape index (κ3) is 2.86. The highest BCUT2D eigenvalue weighted by Crippen LogP contribution is 2.19. The number of nitrogens with zero attached hydrogens (tertiary/aromatic N) is 2. The van der Waals surface area contributed by atoms with E-state index in [1.807, 2.05) is 13.0 Å². The molecule has 0 amide bonds. The topological polar surface area (TPSA) is 58.4 Å². The molecule has 0 aliphatic carbocycles. The smallest absolute Gasteiger partial charge is 0.269 e. The first-order chi connectivity index (χ1) is 8.58. The third-order valence-electron chi connectivity index (χ3n) is 3.55. The van der Waals surface area contributed by atoms with Crippen molar-refractivity contribution in [3.8, 4) is 0 Å². The monoisotopic (exact) mass is 249 g/mol. The lowest BCUT2D eigenvalue weighted by atomic mass is 10.1. The number of rotatable bonds is 3. The van der Waals surface area contributed by atoms with Crippen molar-refractivity contribution in [2.45, 2.75) is 26.4 Å². The zero-order chi connectivity index (χ0) is 13.1. The van der Waals surface area contributed by atoms with E-state index in [1.54, 1.807) is 12.1 Å². The normalized spacial score (nSPS) is 20.9. The summed E-state index contributed by atoms with van der Waals surface area (Å²) in [5, 5.41) is 14.1. The molecule has 0 spiro atoms. The molecule has 0 bridgehead atoms. The maximum Gasteiger partial charge on any atom is 0.269 e. The molecular weight excluding hydrogens is 230 g/mol. The number of nitro groups is 1. The van der Waals surface area contributed by atoms with Gasteiger partial charge in [0.1, 0.15) is 0 Å². The van der Waals surface area contributed by atoms with Gasteiger partial charge in [-0.1, -0.05) is 6.07 Å². The maximum atomic E-state index is 10.7. The van der Waals surface area contributed by atoms with E-state index >= 15 is 0 Å². The minimum Gasteiger partial charge on any atom is -0.314 e. The molecule has 0 aromatic heterocycles. The van der Waals surface area contributed by atoms with E-state index < -0.39 is 0 Å². The summed E-state index contributed by atoms with van der Waals surface area (Å²) in [6, 6.07) is 5.63. The number of nitro benzene ring substituents is 1. The Morgan fingerprint density at radius 2 is 2.33 bits per heavy atom. The van der Waals surface area contributed by atoms with Crippen molar-refractivity contribution in [1.82, 2.24) is 10.2 Å². The van der Waals surface area contributed by atoms with Crippen LogP contribution in [0.15, 0.2) is 18.2 Å². The number of hydrogen-bond acceptors (Lipinski definition) is 4. The van der Waals surface area contributed by atoms with Crippen LogP contribution in [-0.2, 0) is 6.54 Å². The predicted molar refractivity (Wildman–Crippen MR) is 70.6 cm³/mol. The molecule has 0 radical (unpaired) electrons. The van der Waals surface area contributed by atoms with Crippen LogP contribution in [0.3, 0.4) is 0 Å². The molecule has 1 heterocycles. The van der Waals surface area contributed by atoms with Crippen LogP contribution in [-0.4, -0.2) is 35.5 Å². The highest BCUT2D eigenvalue weighted by Gasteiger charge is 2.19. The average molecular weight is 249 g/mol. The molecular formula is C13H19N3O2. The third-order valence-corrected chi connectivity index (χ3v) is 3.55. The van der Waals surface area contributed by atoms with Crippen LogP contribution in [0.4, 0.5) is 5.69 Å². The molecule has 2 rings (SSSR count). The lowest BCUT2D eigenvalue weighted by Gasteiger charge is -2.34. The van der Waals surface area contributed by atoms with Crippen molar-refractivity contribution in [2.75, 3.05) is 19.6 Å². The number of nitrogens with one attached hydrogen (secondary N) is 1. The van der Waals surface area contributed by atoms with Gasteiger partial charge in [-0.25, -0.2) is 0 Å². The standard InChI is InChI=1S/C13H19N3O2/c1-10-7-13(16(17)18)4-3-12(10)9-15-6-5-14-8-11(15)2/h3-4,7,11,14H,5-6,8-9H2,1-2H3/t11-/m0/s1. The number of aryl methyl sites for hydroxylation is 1. The van der Waals surface area contributed by atoms with Gasteiger partial charge in [0, 0.05) is 44.4 Å². The minimum absolute atomic E-state index is 0.171. The molecule has 5 nitrogen and oxygen atoms in total. The number of non-ortho nitro benzene ring substituents is 1. The average Bonchev–Trinajstić information content (AvgIpc) is 2.34. The summed E-state index contributed by atoms with van der Waals surface area (Å²) in [6.45, 7) is 8.05. The summed E-state index contributed by atoms with van der Waals surface area (Å²) in [5.41, 5.74) is 2.34. The number of benzene rings is 1. The Bertz CT molecular complexity index is 448. The summed E-state index contributed by atoms with van der Waals surface area (Å²) in [7, 11) is 0. The lowest BCUT2D eigenvalue weighted by molar-refractivity contribution is -0.384. The fourth-order valence-corrected chi connectivity index (χ4v) is 2.31. The molecule has 1 aromatic carbocycles. The Balaban J connectivity index is 2.11. The molecule has 1 N–H and O–H groups in total. The van der Waals surface area contributed by atoms with Crippen LogP contribution in [0.25, 0.3) is 0 Å². The molecule has 1 aromatic rings. The lowest BCUT2D eigenvalue weighted by Crippen LogP contribution is -2.49. The van der Waals surface area contributed by atoms with Crippen LogP contribution < -0.4 is 5.32 Å². The van der Waals surface area contributed by atoms with Crippen molar-refractivity contribution in [1.29, 1.82) is 0 Å². The quantitative estimate of drug-likeness (QED) is 0.654. The van der Waals surface area contributed by atoms with E-state index in [4.69, 9.17) is 0 Å². The molecule has 5 heteroatoms. The second-order valence-electron chi connectivity index (χ2n) is 4.89. The maximum absolute atomic E-state index is 10.7. The summed E-state index contributed by atoms with van der Waals surface area (Å²) < 4.78 is 0.